The molecule has 3 atom stereocenters. The van der Waals surface area contributed by atoms with E-state index in [0.29, 0.717) is 12.2 Å². The number of hydrogen-bond donors (Lipinski definition) is 1. The van der Waals surface area contributed by atoms with Crippen LogP contribution in [0.2, 0.25) is 0 Å². The van der Waals surface area contributed by atoms with Crippen LogP contribution in [0.25, 0.3) is 6.08 Å². The summed E-state index contributed by atoms with van der Waals surface area (Å²) in [6.45, 7) is 1.80. The molecule has 0 spiro atoms. The zero-order chi connectivity index (χ0) is 13.6. The molecule has 7 nitrogen and oxygen atoms in total. The molecule has 2 aliphatic heterocycles. The molecule has 3 rings (SSSR count). The SMILES string of the molecule is C[C@@]1(/C=C/c2ncon2)S[C@@H]2CC(=O)N2[C@H]1C(=O)O. The molecule has 0 bridgehead atoms. The largest absolute Gasteiger partial charge is 0.480 e. The Balaban J connectivity index is 1.89. The minimum Gasteiger partial charge on any atom is -0.480 e. The smallest absolute Gasteiger partial charge is 0.328 e. The van der Waals surface area contributed by atoms with Crippen molar-refractivity contribution >= 4 is 29.7 Å². The van der Waals surface area contributed by atoms with Crippen molar-refractivity contribution in [3.05, 3.63) is 18.3 Å². The van der Waals surface area contributed by atoms with Crippen LogP contribution in [-0.2, 0) is 9.59 Å². The summed E-state index contributed by atoms with van der Waals surface area (Å²) in [6.07, 6.45) is 4.95. The lowest BCUT2D eigenvalue weighted by Crippen LogP contribution is -2.57. The molecule has 2 fully saturated rings. The quantitative estimate of drug-likeness (QED) is 0.810. The second kappa shape index (κ2) is 4.09. The number of nitrogens with zero attached hydrogens (tertiary/aromatic N) is 3. The zero-order valence-electron chi connectivity index (χ0n) is 10.0. The molecule has 1 amide bonds. The number of fused-ring (bicyclic) bond motifs is 1. The number of hydrogen-bond acceptors (Lipinski definition) is 6. The Kier molecular flexibility index (Phi) is 2.63. The second-order valence-electron chi connectivity index (χ2n) is 4.62. The molecule has 2 saturated heterocycles. The van der Waals surface area contributed by atoms with E-state index in [2.05, 4.69) is 14.7 Å². The van der Waals surface area contributed by atoms with Gasteiger partial charge in [-0.1, -0.05) is 11.2 Å². The fraction of sp³-hybridized carbons (Fsp3) is 0.455. The van der Waals surface area contributed by atoms with Crippen LogP contribution >= 0.6 is 11.8 Å². The molecule has 0 unspecified atom stereocenters. The Labute approximate surface area is 112 Å². The highest BCUT2D eigenvalue weighted by molar-refractivity contribution is 8.01. The molecule has 100 valence electrons. The summed E-state index contributed by atoms with van der Waals surface area (Å²) in [4.78, 5) is 28.2. The normalized spacial score (nSPS) is 33.5. The fourth-order valence-electron chi connectivity index (χ4n) is 2.43. The monoisotopic (exact) mass is 281 g/mol. The van der Waals surface area contributed by atoms with E-state index in [0.717, 1.165) is 0 Å². The maximum absolute atomic E-state index is 11.5. The Morgan fingerprint density at radius 2 is 2.53 bits per heavy atom. The molecule has 0 saturated carbocycles. The number of β-lactam (4-membered cyclic amide) rings is 1. The number of carboxylic acids is 1. The van der Waals surface area contributed by atoms with Crippen LogP contribution in [0.1, 0.15) is 19.2 Å². The molecule has 1 N–H and O–H groups in total. The first-order valence-corrected chi connectivity index (χ1v) is 6.56. The number of carboxylic acid groups (broad SMARTS) is 1. The first kappa shape index (κ1) is 12.2. The summed E-state index contributed by atoms with van der Waals surface area (Å²) >= 11 is 1.48. The summed E-state index contributed by atoms with van der Waals surface area (Å²) in [6, 6.07) is -0.855. The number of aliphatic carboxylic acids is 1. The minimum atomic E-state index is -0.997. The van der Waals surface area contributed by atoms with Crippen LogP contribution < -0.4 is 0 Å². The van der Waals surface area contributed by atoms with Gasteiger partial charge in [0, 0.05) is 0 Å². The van der Waals surface area contributed by atoms with Gasteiger partial charge in [-0.2, -0.15) is 4.98 Å². The van der Waals surface area contributed by atoms with E-state index in [1.54, 1.807) is 19.1 Å². The van der Waals surface area contributed by atoms with Crippen molar-refractivity contribution in [3.63, 3.8) is 0 Å². The number of amides is 1. The van der Waals surface area contributed by atoms with Crippen LogP contribution in [-0.4, -0.2) is 48.2 Å². The van der Waals surface area contributed by atoms with Crippen molar-refractivity contribution in [1.82, 2.24) is 15.0 Å². The molecule has 1 aromatic heterocycles. The summed E-state index contributed by atoms with van der Waals surface area (Å²) in [5.41, 5.74) is 0. The maximum Gasteiger partial charge on any atom is 0.328 e. The van der Waals surface area contributed by atoms with E-state index >= 15 is 0 Å². The lowest BCUT2D eigenvalue weighted by molar-refractivity contribution is -0.156. The Morgan fingerprint density at radius 1 is 1.74 bits per heavy atom. The Morgan fingerprint density at radius 3 is 3.11 bits per heavy atom. The van der Waals surface area contributed by atoms with Crippen molar-refractivity contribution in [3.8, 4) is 0 Å². The topological polar surface area (TPSA) is 96.5 Å². The summed E-state index contributed by atoms with van der Waals surface area (Å²) in [5, 5.41) is 12.9. The van der Waals surface area contributed by atoms with Crippen molar-refractivity contribution in [2.24, 2.45) is 0 Å². The zero-order valence-corrected chi connectivity index (χ0v) is 10.8. The van der Waals surface area contributed by atoms with Crippen molar-refractivity contribution in [1.29, 1.82) is 0 Å². The van der Waals surface area contributed by atoms with E-state index < -0.39 is 16.8 Å². The average Bonchev–Trinajstić information content (AvgIpc) is 2.92. The van der Waals surface area contributed by atoms with Crippen molar-refractivity contribution in [2.75, 3.05) is 0 Å². The highest BCUT2D eigenvalue weighted by atomic mass is 32.2. The number of aromatic nitrogens is 2. The van der Waals surface area contributed by atoms with E-state index in [1.807, 2.05) is 0 Å². The maximum atomic E-state index is 11.5. The van der Waals surface area contributed by atoms with Gasteiger partial charge in [0.25, 0.3) is 0 Å². The van der Waals surface area contributed by atoms with Crippen LogP contribution in [0.3, 0.4) is 0 Å². The lowest BCUT2D eigenvalue weighted by Gasteiger charge is -2.36. The van der Waals surface area contributed by atoms with Crippen molar-refractivity contribution in [2.45, 2.75) is 29.5 Å². The molecular weight excluding hydrogens is 270 g/mol. The molecule has 3 heterocycles. The Hall–Kier alpha value is -1.83. The first-order valence-electron chi connectivity index (χ1n) is 5.69. The minimum absolute atomic E-state index is 0.0477. The molecule has 2 aliphatic rings. The highest BCUT2D eigenvalue weighted by Crippen LogP contribution is 2.51. The van der Waals surface area contributed by atoms with Crippen LogP contribution in [0.5, 0.6) is 0 Å². The van der Waals surface area contributed by atoms with Crippen molar-refractivity contribution < 1.29 is 19.2 Å². The van der Waals surface area contributed by atoms with E-state index in [1.165, 1.54) is 23.1 Å². The van der Waals surface area contributed by atoms with E-state index in [-0.39, 0.29) is 11.3 Å². The lowest BCUT2D eigenvalue weighted by atomic mass is 9.96. The average molecular weight is 281 g/mol. The van der Waals surface area contributed by atoms with Gasteiger partial charge in [-0.3, -0.25) is 4.79 Å². The predicted octanol–water partition coefficient (Wildman–Crippen LogP) is 0.600. The van der Waals surface area contributed by atoms with Gasteiger partial charge < -0.3 is 14.5 Å². The van der Waals surface area contributed by atoms with E-state index in [4.69, 9.17) is 0 Å². The summed E-state index contributed by atoms with van der Waals surface area (Å²) < 4.78 is 3.92. The van der Waals surface area contributed by atoms with Gasteiger partial charge >= 0.3 is 5.97 Å². The number of thioether (sulfide) groups is 1. The fourth-order valence-corrected chi connectivity index (χ4v) is 4.09. The third-order valence-corrected chi connectivity index (χ3v) is 4.87. The van der Waals surface area contributed by atoms with Crippen LogP contribution in [0.15, 0.2) is 17.0 Å². The van der Waals surface area contributed by atoms with Crippen LogP contribution in [0, 0.1) is 0 Å². The molecule has 0 aromatic carbocycles. The predicted molar refractivity (Wildman–Crippen MR) is 66.0 cm³/mol. The molecule has 1 aromatic rings. The first-order chi connectivity index (χ1) is 9.01. The van der Waals surface area contributed by atoms with Gasteiger partial charge in [0.05, 0.1) is 16.5 Å². The highest BCUT2D eigenvalue weighted by Gasteiger charge is 2.59. The van der Waals surface area contributed by atoms with Gasteiger partial charge in [-0.05, 0) is 13.0 Å². The number of rotatable bonds is 3. The number of carbonyl (C=O) groups is 2. The molecule has 0 aliphatic carbocycles. The number of carbonyl (C=O) groups excluding carboxylic acids is 1. The van der Waals surface area contributed by atoms with Gasteiger partial charge in [-0.25, -0.2) is 4.79 Å². The third-order valence-electron chi connectivity index (χ3n) is 3.33. The van der Waals surface area contributed by atoms with Gasteiger partial charge in [-0.15, -0.1) is 11.8 Å². The van der Waals surface area contributed by atoms with Gasteiger partial charge in [0.2, 0.25) is 12.3 Å². The summed E-state index contributed by atoms with van der Waals surface area (Å²) in [5.74, 6) is -0.726. The Bertz CT molecular complexity index is 558. The molecular formula is C11H11N3O4S. The molecule has 0 radical (unpaired) electrons. The van der Waals surface area contributed by atoms with Gasteiger partial charge in [0.15, 0.2) is 5.82 Å². The third kappa shape index (κ3) is 1.83. The van der Waals surface area contributed by atoms with E-state index in [9.17, 15) is 14.7 Å². The van der Waals surface area contributed by atoms with Gasteiger partial charge in [0.1, 0.15) is 6.04 Å². The second-order valence-corrected chi connectivity index (χ2v) is 6.28. The van der Waals surface area contributed by atoms with Crippen LogP contribution in [0.4, 0.5) is 0 Å². The molecule has 8 heteroatoms. The summed E-state index contributed by atoms with van der Waals surface area (Å²) in [7, 11) is 0. The standard InChI is InChI=1S/C11H11N3O4S/c1-11(3-2-6-12-5-18-13-6)9(10(16)17)14-7(15)4-8(14)19-11/h2-3,5,8-9H,4H2,1H3,(H,16,17)/b3-2+/t8-,9+,11+/m1/s1. The molecule has 19 heavy (non-hydrogen) atoms.